The Labute approximate surface area is 183 Å². The van der Waals surface area contributed by atoms with Crippen LogP contribution in [-0.2, 0) is 16.4 Å². The molecule has 0 saturated heterocycles. The van der Waals surface area contributed by atoms with E-state index in [4.69, 9.17) is 0 Å². The number of rotatable bonds is 5. The third-order valence-electron chi connectivity index (χ3n) is 4.97. The van der Waals surface area contributed by atoms with Gasteiger partial charge in [-0.2, -0.15) is 0 Å². The number of aromatic nitrogens is 1. The molecule has 0 bridgehead atoms. The van der Waals surface area contributed by atoms with E-state index in [1.54, 1.807) is 36.4 Å². The van der Waals surface area contributed by atoms with Crippen LogP contribution in [0.2, 0.25) is 0 Å². The monoisotopic (exact) mass is 447 g/mol. The van der Waals surface area contributed by atoms with E-state index in [9.17, 15) is 13.2 Å². The van der Waals surface area contributed by atoms with Gasteiger partial charge in [0.15, 0.2) is 5.13 Å². The molecule has 0 atom stereocenters. The lowest BCUT2D eigenvalue weighted by Gasteiger charge is -2.09. The van der Waals surface area contributed by atoms with Gasteiger partial charge in [0.05, 0.1) is 10.6 Å². The van der Waals surface area contributed by atoms with Crippen LogP contribution in [0.5, 0.6) is 0 Å². The van der Waals surface area contributed by atoms with Gasteiger partial charge >= 0.3 is 0 Å². The van der Waals surface area contributed by atoms with Gasteiger partial charge in [-0.1, -0.05) is 48.5 Å². The third-order valence-corrected chi connectivity index (χ3v) is 7.34. The predicted octanol–water partition coefficient (Wildman–Crippen LogP) is 4.77. The number of hydrogen-bond donors (Lipinski definition) is 2. The second-order valence-corrected chi connectivity index (χ2v) is 9.84. The van der Waals surface area contributed by atoms with Gasteiger partial charge in [-0.15, -0.1) is 11.3 Å². The van der Waals surface area contributed by atoms with Crippen LogP contribution in [-0.4, -0.2) is 19.3 Å². The highest BCUT2D eigenvalue weighted by atomic mass is 32.2. The van der Waals surface area contributed by atoms with Crippen LogP contribution in [0.25, 0.3) is 11.3 Å². The van der Waals surface area contributed by atoms with E-state index in [2.05, 4.69) is 21.1 Å². The minimum atomic E-state index is -3.73. The van der Waals surface area contributed by atoms with Gasteiger partial charge in [-0.25, -0.2) is 13.4 Å². The first-order chi connectivity index (χ1) is 15.0. The average Bonchev–Trinajstić information content (AvgIpc) is 3.31. The molecule has 1 aliphatic carbocycles. The molecule has 1 aromatic heterocycles. The van der Waals surface area contributed by atoms with Crippen molar-refractivity contribution in [2.45, 2.75) is 11.3 Å². The van der Waals surface area contributed by atoms with E-state index < -0.39 is 10.0 Å². The number of benzene rings is 3. The molecule has 0 unspecified atom stereocenters. The number of nitrogens with one attached hydrogen (secondary N) is 2. The van der Waals surface area contributed by atoms with Gasteiger partial charge in [0.25, 0.3) is 15.9 Å². The standard InChI is InChI=1S/C23H17N3O3S2/c27-22(25-23-24-21-19-12-5-4-7-15(19)14-20(21)30-23)16-8-6-9-17(13-16)26-31(28,29)18-10-2-1-3-11-18/h1-13,26H,14H2,(H,24,25,27). The van der Waals surface area contributed by atoms with Crippen molar-refractivity contribution in [3.8, 4) is 11.3 Å². The van der Waals surface area contributed by atoms with Crippen molar-refractivity contribution >= 4 is 38.1 Å². The summed E-state index contributed by atoms with van der Waals surface area (Å²) < 4.78 is 27.6. The lowest BCUT2D eigenvalue weighted by atomic mass is 10.1. The maximum absolute atomic E-state index is 12.8. The van der Waals surface area contributed by atoms with E-state index in [1.165, 1.54) is 35.1 Å². The molecule has 8 heteroatoms. The Hall–Kier alpha value is -3.49. The van der Waals surface area contributed by atoms with Crippen molar-refractivity contribution in [1.82, 2.24) is 4.98 Å². The van der Waals surface area contributed by atoms with Gasteiger partial charge in [0, 0.05) is 28.1 Å². The van der Waals surface area contributed by atoms with Crippen molar-refractivity contribution in [3.05, 3.63) is 94.9 Å². The summed E-state index contributed by atoms with van der Waals surface area (Å²) in [6, 6.07) is 22.6. The Kier molecular flexibility index (Phi) is 4.80. The fourth-order valence-electron chi connectivity index (χ4n) is 3.52. The van der Waals surface area contributed by atoms with Crippen LogP contribution >= 0.6 is 11.3 Å². The van der Waals surface area contributed by atoms with E-state index in [1.807, 2.05) is 18.2 Å². The molecule has 31 heavy (non-hydrogen) atoms. The number of nitrogens with zero attached hydrogens (tertiary/aromatic N) is 1. The molecule has 0 aliphatic heterocycles. The molecule has 154 valence electrons. The second kappa shape index (κ2) is 7.64. The maximum atomic E-state index is 12.8. The number of amides is 1. The lowest BCUT2D eigenvalue weighted by Crippen LogP contribution is -2.15. The van der Waals surface area contributed by atoms with Crippen molar-refractivity contribution in [1.29, 1.82) is 0 Å². The first-order valence-corrected chi connectivity index (χ1v) is 11.9. The average molecular weight is 448 g/mol. The summed E-state index contributed by atoms with van der Waals surface area (Å²) in [6.45, 7) is 0. The van der Waals surface area contributed by atoms with Gasteiger partial charge in [0.2, 0.25) is 0 Å². The number of anilines is 2. The molecule has 1 heterocycles. The highest BCUT2D eigenvalue weighted by Crippen LogP contribution is 2.40. The highest BCUT2D eigenvalue weighted by molar-refractivity contribution is 7.92. The molecule has 6 nitrogen and oxygen atoms in total. The normalized spacial score (nSPS) is 12.1. The molecule has 0 spiro atoms. The Bertz CT molecular complexity index is 1400. The second-order valence-electron chi connectivity index (χ2n) is 7.08. The molecule has 0 fully saturated rings. The van der Waals surface area contributed by atoms with E-state index in [0.29, 0.717) is 16.4 Å². The number of thiazole rings is 1. The molecule has 5 rings (SSSR count). The van der Waals surface area contributed by atoms with Crippen molar-refractivity contribution in [2.24, 2.45) is 0 Å². The van der Waals surface area contributed by atoms with E-state index in [-0.39, 0.29) is 10.8 Å². The van der Waals surface area contributed by atoms with Gasteiger partial charge < -0.3 is 0 Å². The largest absolute Gasteiger partial charge is 0.298 e. The zero-order valence-electron chi connectivity index (χ0n) is 16.2. The zero-order chi connectivity index (χ0) is 21.4. The van der Waals surface area contributed by atoms with Crippen LogP contribution in [0.1, 0.15) is 20.8 Å². The number of sulfonamides is 1. The first-order valence-electron chi connectivity index (χ1n) is 9.57. The molecular formula is C23H17N3O3S2. The van der Waals surface area contributed by atoms with Gasteiger partial charge in [-0.05, 0) is 35.9 Å². The SMILES string of the molecule is O=C(Nc1nc2c(s1)Cc1ccccc1-2)c1cccc(NS(=O)(=O)c2ccccc2)c1. The maximum Gasteiger partial charge on any atom is 0.261 e. The Balaban J connectivity index is 1.34. The van der Waals surface area contributed by atoms with Crippen LogP contribution in [0.4, 0.5) is 10.8 Å². The summed E-state index contributed by atoms with van der Waals surface area (Å²) in [5.74, 6) is -0.346. The topological polar surface area (TPSA) is 88.2 Å². The molecular weight excluding hydrogens is 430 g/mol. The minimum absolute atomic E-state index is 0.155. The molecule has 0 radical (unpaired) electrons. The first kappa shape index (κ1) is 19.5. The van der Waals surface area contributed by atoms with E-state index in [0.717, 1.165) is 22.6 Å². The summed E-state index contributed by atoms with van der Waals surface area (Å²) in [5, 5.41) is 3.36. The number of hydrogen-bond acceptors (Lipinski definition) is 5. The minimum Gasteiger partial charge on any atom is -0.298 e. The van der Waals surface area contributed by atoms with Crippen molar-refractivity contribution in [2.75, 3.05) is 10.0 Å². The van der Waals surface area contributed by atoms with Crippen LogP contribution < -0.4 is 10.0 Å². The predicted molar refractivity (Wildman–Crippen MR) is 122 cm³/mol. The summed E-state index contributed by atoms with van der Waals surface area (Å²) in [7, 11) is -3.73. The Morgan fingerprint density at radius 2 is 1.71 bits per heavy atom. The summed E-state index contributed by atoms with van der Waals surface area (Å²) in [5.41, 5.74) is 3.91. The lowest BCUT2D eigenvalue weighted by molar-refractivity contribution is 0.102. The molecule has 0 saturated carbocycles. The molecule has 2 N–H and O–H groups in total. The fraction of sp³-hybridized carbons (Fsp3) is 0.0435. The summed E-state index contributed by atoms with van der Waals surface area (Å²) in [4.78, 5) is 18.6. The van der Waals surface area contributed by atoms with Crippen LogP contribution in [0, 0.1) is 0 Å². The number of carbonyl (C=O) groups is 1. The van der Waals surface area contributed by atoms with Gasteiger partial charge in [-0.3, -0.25) is 14.8 Å². The Morgan fingerprint density at radius 1 is 0.935 bits per heavy atom. The Morgan fingerprint density at radius 3 is 2.55 bits per heavy atom. The molecule has 1 aliphatic rings. The van der Waals surface area contributed by atoms with Crippen LogP contribution in [0.15, 0.2) is 83.8 Å². The number of carbonyl (C=O) groups excluding carboxylic acids is 1. The molecule has 3 aromatic carbocycles. The van der Waals surface area contributed by atoms with Crippen molar-refractivity contribution in [3.63, 3.8) is 0 Å². The molecule has 1 amide bonds. The van der Waals surface area contributed by atoms with E-state index >= 15 is 0 Å². The van der Waals surface area contributed by atoms with Crippen LogP contribution in [0.3, 0.4) is 0 Å². The smallest absolute Gasteiger partial charge is 0.261 e. The zero-order valence-corrected chi connectivity index (χ0v) is 17.8. The number of fused-ring (bicyclic) bond motifs is 3. The quantitative estimate of drug-likeness (QED) is 0.406. The van der Waals surface area contributed by atoms with Gasteiger partial charge in [0.1, 0.15) is 0 Å². The third kappa shape index (κ3) is 3.83. The summed E-state index contributed by atoms with van der Waals surface area (Å²) in [6.07, 6.45) is 0.815. The van der Waals surface area contributed by atoms with Crippen molar-refractivity contribution < 1.29 is 13.2 Å². The summed E-state index contributed by atoms with van der Waals surface area (Å²) >= 11 is 1.46. The molecule has 4 aromatic rings. The highest BCUT2D eigenvalue weighted by Gasteiger charge is 2.23. The fourth-order valence-corrected chi connectivity index (χ4v) is 5.59.